The summed E-state index contributed by atoms with van der Waals surface area (Å²) >= 11 is 3.27. The third kappa shape index (κ3) is 7.56. The number of benzene rings is 1. The largest absolute Gasteiger partial charge is 0.356 e. The number of carbonyl (C=O) groups is 1. The molecule has 1 fully saturated rings. The van der Waals surface area contributed by atoms with Crippen LogP contribution in [-0.2, 0) is 11.2 Å². The number of halogens is 3. The summed E-state index contributed by atoms with van der Waals surface area (Å²) in [5, 5.41) is 6.64. The van der Waals surface area contributed by atoms with Crippen molar-refractivity contribution < 1.29 is 9.18 Å². The molecular weight excluding hydrogens is 526 g/mol. The van der Waals surface area contributed by atoms with E-state index < -0.39 is 0 Å². The molecule has 1 aliphatic heterocycles. The molecule has 2 rings (SSSR count). The molecule has 1 heterocycles. The minimum Gasteiger partial charge on any atom is -0.356 e. The molecule has 1 saturated heterocycles. The maximum absolute atomic E-state index is 13.8. The molecule has 1 aromatic carbocycles. The van der Waals surface area contributed by atoms with E-state index in [2.05, 4.69) is 31.6 Å². The third-order valence-electron chi connectivity index (χ3n) is 4.49. The fourth-order valence-corrected chi connectivity index (χ4v) is 3.37. The Morgan fingerprint density at radius 1 is 1.44 bits per heavy atom. The first-order valence-electron chi connectivity index (χ1n) is 9.10. The lowest BCUT2D eigenvalue weighted by atomic mass is 10.1. The third-order valence-corrected chi connectivity index (χ3v) is 4.98. The summed E-state index contributed by atoms with van der Waals surface area (Å²) in [4.78, 5) is 18.2. The Kier molecular flexibility index (Phi) is 10.6. The number of guanidine groups is 1. The van der Waals surface area contributed by atoms with Gasteiger partial charge in [0.05, 0.1) is 0 Å². The fourth-order valence-electron chi connectivity index (χ4n) is 3.04. The van der Waals surface area contributed by atoms with Crippen LogP contribution < -0.4 is 10.6 Å². The first kappa shape index (κ1) is 24.1. The number of carbonyl (C=O) groups excluding carboxylic acids is 1. The molecule has 5 nitrogen and oxygen atoms in total. The van der Waals surface area contributed by atoms with Crippen LogP contribution in [0, 0.1) is 11.7 Å². The van der Waals surface area contributed by atoms with Gasteiger partial charge in [-0.3, -0.25) is 9.79 Å². The van der Waals surface area contributed by atoms with E-state index in [0.29, 0.717) is 19.5 Å². The van der Waals surface area contributed by atoms with Crippen LogP contribution in [0.25, 0.3) is 0 Å². The predicted molar refractivity (Wildman–Crippen MR) is 122 cm³/mol. The van der Waals surface area contributed by atoms with Crippen molar-refractivity contribution in [3.8, 4) is 0 Å². The van der Waals surface area contributed by atoms with E-state index in [0.717, 1.165) is 35.4 Å². The first-order chi connectivity index (χ1) is 12.4. The highest BCUT2D eigenvalue weighted by atomic mass is 127. The summed E-state index contributed by atoms with van der Waals surface area (Å²) in [6.07, 6.45) is 2.40. The topological polar surface area (TPSA) is 56.7 Å². The number of nitrogens with one attached hydrogen (secondary N) is 2. The Morgan fingerprint density at radius 2 is 2.19 bits per heavy atom. The number of aliphatic imine (C=N–C) groups is 1. The summed E-state index contributed by atoms with van der Waals surface area (Å²) in [7, 11) is 1.73. The minimum atomic E-state index is -0.178. The summed E-state index contributed by atoms with van der Waals surface area (Å²) in [6, 6.07) is 5.38. The van der Waals surface area contributed by atoms with Crippen LogP contribution >= 0.6 is 39.9 Å². The highest BCUT2D eigenvalue weighted by Crippen LogP contribution is 2.16. The molecule has 8 heteroatoms. The van der Waals surface area contributed by atoms with Crippen LogP contribution in [0.15, 0.2) is 27.7 Å². The molecule has 1 unspecified atom stereocenters. The number of nitrogens with zero attached hydrogens (tertiary/aromatic N) is 2. The van der Waals surface area contributed by atoms with Gasteiger partial charge < -0.3 is 15.5 Å². The van der Waals surface area contributed by atoms with Crippen LogP contribution in [0.5, 0.6) is 0 Å². The van der Waals surface area contributed by atoms with E-state index in [-0.39, 0.29) is 47.7 Å². The molecule has 1 aromatic rings. The molecule has 0 bridgehead atoms. The Morgan fingerprint density at radius 3 is 2.81 bits per heavy atom. The standard InChI is InChI=1S/C19H28BrFN4O.HI/c1-13(2)18(26)25-10-8-16(12-25)24-19(22-3)23-9-4-5-14-6-7-15(20)11-17(14)21;/h6-7,11,13,16H,4-5,8-10,12H2,1-3H3,(H2,22,23,24);1H. The van der Waals surface area contributed by atoms with E-state index >= 15 is 0 Å². The Balaban J connectivity index is 0.00000364. The highest BCUT2D eigenvalue weighted by molar-refractivity contribution is 14.0. The van der Waals surface area contributed by atoms with E-state index in [9.17, 15) is 9.18 Å². The van der Waals surface area contributed by atoms with Crippen molar-refractivity contribution in [1.29, 1.82) is 0 Å². The van der Waals surface area contributed by atoms with Gasteiger partial charge in [0.1, 0.15) is 5.82 Å². The maximum Gasteiger partial charge on any atom is 0.225 e. The lowest BCUT2D eigenvalue weighted by Crippen LogP contribution is -2.45. The number of hydrogen-bond acceptors (Lipinski definition) is 2. The minimum absolute atomic E-state index is 0. The molecule has 1 amide bonds. The lowest BCUT2D eigenvalue weighted by molar-refractivity contribution is -0.133. The summed E-state index contributed by atoms with van der Waals surface area (Å²) in [6.45, 7) is 6.06. The number of rotatable bonds is 6. The summed E-state index contributed by atoms with van der Waals surface area (Å²) < 4.78 is 14.6. The van der Waals surface area contributed by atoms with Crippen molar-refractivity contribution >= 4 is 51.8 Å². The average Bonchev–Trinajstić information content (AvgIpc) is 3.06. The maximum atomic E-state index is 13.8. The van der Waals surface area contributed by atoms with Gasteiger partial charge in [-0.1, -0.05) is 35.8 Å². The van der Waals surface area contributed by atoms with E-state index in [1.54, 1.807) is 7.05 Å². The highest BCUT2D eigenvalue weighted by Gasteiger charge is 2.27. The van der Waals surface area contributed by atoms with Crippen LogP contribution in [-0.4, -0.2) is 49.5 Å². The van der Waals surface area contributed by atoms with Gasteiger partial charge in [0, 0.05) is 43.1 Å². The molecule has 1 atom stereocenters. The van der Waals surface area contributed by atoms with Crippen molar-refractivity contribution in [2.75, 3.05) is 26.7 Å². The normalized spacial score (nSPS) is 17.0. The van der Waals surface area contributed by atoms with Gasteiger partial charge in [-0.25, -0.2) is 4.39 Å². The van der Waals surface area contributed by atoms with Gasteiger partial charge in [-0.05, 0) is 37.0 Å². The molecule has 0 aromatic heterocycles. The zero-order valence-corrected chi connectivity index (χ0v) is 20.0. The second-order valence-corrected chi connectivity index (χ2v) is 7.82. The Bertz CT molecular complexity index is 657. The zero-order valence-electron chi connectivity index (χ0n) is 16.1. The molecule has 152 valence electrons. The molecular formula is C19H29BrFIN4O. The second-order valence-electron chi connectivity index (χ2n) is 6.91. The molecule has 0 aliphatic carbocycles. The van der Waals surface area contributed by atoms with Crippen LogP contribution in [0.4, 0.5) is 4.39 Å². The number of amides is 1. The van der Waals surface area contributed by atoms with Gasteiger partial charge in [0.15, 0.2) is 5.96 Å². The molecule has 2 N–H and O–H groups in total. The monoisotopic (exact) mass is 554 g/mol. The first-order valence-corrected chi connectivity index (χ1v) is 9.90. The number of hydrogen-bond donors (Lipinski definition) is 2. The molecule has 0 saturated carbocycles. The zero-order chi connectivity index (χ0) is 19.1. The molecule has 1 aliphatic rings. The molecule has 0 spiro atoms. The summed E-state index contributed by atoms with van der Waals surface area (Å²) in [5.74, 6) is 0.784. The van der Waals surface area contributed by atoms with Gasteiger partial charge in [-0.2, -0.15) is 0 Å². The van der Waals surface area contributed by atoms with E-state index in [1.807, 2.05) is 30.9 Å². The van der Waals surface area contributed by atoms with Gasteiger partial charge in [0.2, 0.25) is 5.91 Å². The second kappa shape index (κ2) is 11.8. The predicted octanol–water partition coefficient (Wildman–Crippen LogP) is 3.56. The van der Waals surface area contributed by atoms with Gasteiger partial charge in [0.25, 0.3) is 0 Å². The van der Waals surface area contributed by atoms with Crippen LogP contribution in [0.1, 0.15) is 32.3 Å². The molecule has 27 heavy (non-hydrogen) atoms. The van der Waals surface area contributed by atoms with Crippen molar-refractivity contribution in [2.24, 2.45) is 10.9 Å². The van der Waals surface area contributed by atoms with E-state index in [1.165, 1.54) is 6.07 Å². The smallest absolute Gasteiger partial charge is 0.225 e. The average molecular weight is 555 g/mol. The van der Waals surface area contributed by atoms with Gasteiger partial charge in [-0.15, -0.1) is 24.0 Å². The quantitative estimate of drug-likeness (QED) is 0.245. The van der Waals surface area contributed by atoms with Crippen molar-refractivity contribution in [2.45, 2.75) is 39.2 Å². The van der Waals surface area contributed by atoms with Crippen molar-refractivity contribution in [3.63, 3.8) is 0 Å². The van der Waals surface area contributed by atoms with Crippen molar-refractivity contribution in [3.05, 3.63) is 34.1 Å². The van der Waals surface area contributed by atoms with Crippen LogP contribution in [0.2, 0.25) is 0 Å². The number of likely N-dealkylation sites (tertiary alicyclic amines) is 1. The van der Waals surface area contributed by atoms with Crippen LogP contribution in [0.3, 0.4) is 0 Å². The Hall–Kier alpha value is -0.900. The van der Waals surface area contributed by atoms with Crippen molar-refractivity contribution in [1.82, 2.24) is 15.5 Å². The van der Waals surface area contributed by atoms with Gasteiger partial charge >= 0.3 is 0 Å². The SMILES string of the molecule is CN=C(NCCCc1ccc(Br)cc1F)NC1CCN(C(=O)C(C)C)C1.I. The lowest BCUT2D eigenvalue weighted by Gasteiger charge is -2.20. The van der Waals surface area contributed by atoms with E-state index in [4.69, 9.17) is 0 Å². The Labute approximate surface area is 186 Å². The molecule has 0 radical (unpaired) electrons. The fraction of sp³-hybridized carbons (Fsp3) is 0.579. The summed E-state index contributed by atoms with van der Waals surface area (Å²) in [5.41, 5.74) is 0.719. The number of aryl methyl sites for hydroxylation is 1.